The van der Waals surface area contributed by atoms with E-state index in [9.17, 15) is 4.79 Å². The average molecular weight is 355 g/mol. The first-order valence-corrected chi connectivity index (χ1v) is 8.70. The summed E-state index contributed by atoms with van der Waals surface area (Å²) in [5, 5.41) is 12.2. The van der Waals surface area contributed by atoms with Crippen molar-refractivity contribution in [2.45, 2.75) is 12.8 Å². The monoisotopic (exact) mass is 355 g/mol. The summed E-state index contributed by atoms with van der Waals surface area (Å²) < 4.78 is 0. The number of fused-ring (bicyclic) bond motifs is 1. The first-order chi connectivity index (χ1) is 13.2. The van der Waals surface area contributed by atoms with Crippen LogP contribution in [0.3, 0.4) is 0 Å². The fraction of sp³-hybridized carbons (Fsp3) is 0.143. The van der Waals surface area contributed by atoms with Gasteiger partial charge in [0.05, 0.1) is 6.42 Å². The number of rotatable bonds is 4. The Labute approximate surface area is 157 Å². The van der Waals surface area contributed by atoms with E-state index in [0.29, 0.717) is 12.2 Å². The highest BCUT2D eigenvalue weighted by atomic mass is 16.2. The Morgan fingerprint density at radius 1 is 1.11 bits per heavy atom. The molecule has 2 aromatic carbocycles. The van der Waals surface area contributed by atoms with Crippen molar-refractivity contribution >= 4 is 23.1 Å². The molecule has 0 radical (unpaired) electrons. The first kappa shape index (κ1) is 16.7. The van der Waals surface area contributed by atoms with Gasteiger partial charge in [-0.2, -0.15) is 5.26 Å². The van der Waals surface area contributed by atoms with E-state index in [-0.39, 0.29) is 11.6 Å². The number of nitrogens with zero attached hydrogens (tertiary/aromatic N) is 4. The average Bonchev–Trinajstić information content (AvgIpc) is 3.14. The maximum Gasteiger partial charge on any atom is 0.231 e. The molecule has 0 fully saturated rings. The van der Waals surface area contributed by atoms with Crippen LogP contribution in [0, 0.1) is 11.3 Å². The lowest BCUT2D eigenvalue weighted by atomic mass is 10.1. The molecule has 0 spiro atoms. The van der Waals surface area contributed by atoms with Gasteiger partial charge in [0.25, 0.3) is 0 Å². The van der Waals surface area contributed by atoms with Crippen LogP contribution in [0.5, 0.6) is 0 Å². The Kier molecular flexibility index (Phi) is 4.50. The van der Waals surface area contributed by atoms with Crippen LogP contribution < -0.4 is 10.2 Å². The topological polar surface area (TPSA) is 81.9 Å². The minimum atomic E-state index is 0.0985. The van der Waals surface area contributed by atoms with Crippen LogP contribution in [0.1, 0.15) is 16.8 Å². The van der Waals surface area contributed by atoms with Crippen LogP contribution in [0.4, 0.5) is 17.2 Å². The molecule has 0 atom stereocenters. The van der Waals surface area contributed by atoms with E-state index in [1.165, 1.54) is 18.0 Å². The number of hydrogen-bond donors (Lipinski definition) is 1. The summed E-state index contributed by atoms with van der Waals surface area (Å²) in [4.78, 5) is 22.7. The number of anilines is 3. The van der Waals surface area contributed by atoms with Crippen LogP contribution >= 0.6 is 0 Å². The molecule has 4 rings (SSSR count). The minimum Gasteiger partial charge on any atom is -0.338 e. The molecule has 132 valence electrons. The van der Waals surface area contributed by atoms with Gasteiger partial charge in [-0.1, -0.05) is 30.3 Å². The number of carbonyl (C=O) groups excluding carboxylic acids is 1. The molecule has 27 heavy (non-hydrogen) atoms. The molecule has 1 N–H and O–H groups in total. The number of amides is 1. The summed E-state index contributed by atoms with van der Waals surface area (Å²) in [7, 11) is 0. The second-order valence-electron chi connectivity index (χ2n) is 6.29. The fourth-order valence-corrected chi connectivity index (χ4v) is 3.22. The third-order valence-electron chi connectivity index (χ3n) is 4.56. The van der Waals surface area contributed by atoms with E-state index in [4.69, 9.17) is 5.26 Å². The molecule has 0 saturated heterocycles. The summed E-state index contributed by atoms with van der Waals surface area (Å²) in [6.07, 6.45) is 4.27. The summed E-state index contributed by atoms with van der Waals surface area (Å²) in [6.45, 7) is 0.738. The van der Waals surface area contributed by atoms with E-state index in [1.54, 1.807) is 0 Å². The number of nitriles is 1. The zero-order chi connectivity index (χ0) is 18.6. The summed E-state index contributed by atoms with van der Waals surface area (Å²) >= 11 is 0. The lowest BCUT2D eigenvalue weighted by Crippen LogP contribution is -2.30. The van der Waals surface area contributed by atoms with E-state index in [1.807, 2.05) is 53.4 Å². The summed E-state index contributed by atoms with van der Waals surface area (Å²) in [5.41, 5.74) is 4.21. The van der Waals surface area contributed by atoms with Crippen LogP contribution in [0.25, 0.3) is 0 Å². The van der Waals surface area contributed by atoms with Gasteiger partial charge in [0.2, 0.25) is 5.91 Å². The van der Waals surface area contributed by atoms with Crippen molar-refractivity contribution in [3.05, 3.63) is 77.7 Å². The van der Waals surface area contributed by atoms with Crippen LogP contribution in [-0.2, 0) is 17.6 Å². The normalized spacial score (nSPS) is 12.3. The third kappa shape index (κ3) is 3.48. The molecular weight excluding hydrogens is 338 g/mol. The molecule has 6 nitrogen and oxygen atoms in total. The third-order valence-corrected chi connectivity index (χ3v) is 4.56. The van der Waals surface area contributed by atoms with Crippen molar-refractivity contribution in [1.82, 2.24) is 9.97 Å². The Hall–Kier alpha value is -3.72. The molecule has 0 saturated carbocycles. The highest BCUT2D eigenvalue weighted by Crippen LogP contribution is 2.28. The Morgan fingerprint density at radius 3 is 2.70 bits per heavy atom. The van der Waals surface area contributed by atoms with Gasteiger partial charge in [-0.05, 0) is 35.7 Å². The van der Waals surface area contributed by atoms with Crippen molar-refractivity contribution in [1.29, 1.82) is 5.26 Å². The van der Waals surface area contributed by atoms with Gasteiger partial charge >= 0.3 is 0 Å². The van der Waals surface area contributed by atoms with Crippen molar-refractivity contribution in [3.63, 3.8) is 0 Å². The van der Waals surface area contributed by atoms with E-state index in [2.05, 4.69) is 21.4 Å². The van der Waals surface area contributed by atoms with Gasteiger partial charge in [-0.3, -0.25) is 4.79 Å². The second kappa shape index (κ2) is 7.26. The van der Waals surface area contributed by atoms with Gasteiger partial charge in [-0.25, -0.2) is 9.97 Å². The second-order valence-corrected chi connectivity index (χ2v) is 6.29. The molecule has 1 aliphatic heterocycles. The summed E-state index contributed by atoms with van der Waals surface area (Å²) in [5.74, 6) is 0.513. The number of carbonyl (C=O) groups is 1. The maximum absolute atomic E-state index is 12.7. The number of nitrogens with one attached hydrogen (secondary N) is 1. The molecule has 0 bridgehead atoms. The van der Waals surface area contributed by atoms with Gasteiger partial charge in [0.15, 0.2) is 11.5 Å². The van der Waals surface area contributed by atoms with Crippen molar-refractivity contribution in [3.8, 4) is 6.07 Å². The largest absolute Gasteiger partial charge is 0.338 e. The van der Waals surface area contributed by atoms with Gasteiger partial charge in [0, 0.05) is 30.3 Å². The van der Waals surface area contributed by atoms with Gasteiger partial charge in [0.1, 0.15) is 6.07 Å². The lowest BCUT2D eigenvalue weighted by molar-refractivity contribution is -0.117. The molecule has 1 amide bonds. The Bertz CT molecular complexity index is 1020. The highest BCUT2D eigenvalue weighted by Gasteiger charge is 2.23. The number of benzene rings is 2. The Morgan fingerprint density at radius 2 is 1.89 bits per heavy atom. The van der Waals surface area contributed by atoms with Crippen LogP contribution in [-0.4, -0.2) is 22.4 Å². The number of hydrogen-bond acceptors (Lipinski definition) is 5. The predicted molar refractivity (Wildman–Crippen MR) is 103 cm³/mol. The minimum absolute atomic E-state index is 0.0985. The van der Waals surface area contributed by atoms with Crippen molar-refractivity contribution < 1.29 is 4.79 Å². The highest BCUT2D eigenvalue weighted by molar-refractivity contribution is 5.96. The zero-order valence-corrected chi connectivity index (χ0v) is 14.6. The molecule has 1 aromatic heterocycles. The first-order valence-electron chi connectivity index (χ1n) is 8.70. The quantitative estimate of drug-likeness (QED) is 0.777. The van der Waals surface area contributed by atoms with Crippen LogP contribution in [0.2, 0.25) is 0 Å². The SMILES string of the molecule is N#Cc1nccnc1Nc1ccc(CC(=O)N2CCc3ccccc32)cc1. The molecule has 0 unspecified atom stereocenters. The van der Waals surface area contributed by atoms with Gasteiger partial charge < -0.3 is 10.2 Å². The predicted octanol–water partition coefficient (Wildman–Crippen LogP) is 3.22. The zero-order valence-electron chi connectivity index (χ0n) is 14.6. The van der Waals surface area contributed by atoms with Crippen molar-refractivity contribution in [2.24, 2.45) is 0 Å². The smallest absolute Gasteiger partial charge is 0.231 e. The molecule has 6 heteroatoms. The van der Waals surface area contributed by atoms with E-state index >= 15 is 0 Å². The van der Waals surface area contributed by atoms with Crippen LogP contribution in [0.15, 0.2) is 60.9 Å². The number of para-hydroxylation sites is 1. The Balaban J connectivity index is 1.44. The molecule has 3 aromatic rings. The van der Waals surface area contributed by atoms with E-state index < -0.39 is 0 Å². The molecule has 1 aliphatic rings. The van der Waals surface area contributed by atoms with Gasteiger partial charge in [-0.15, -0.1) is 0 Å². The molecule has 0 aliphatic carbocycles. The maximum atomic E-state index is 12.7. The summed E-state index contributed by atoms with van der Waals surface area (Å²) in [6, 6.07) is 17.6. The fourth-order valence-electron chi connectivity index (χ4n) is 3.22. The standard InChI is InChI=1S/C21H17N5O/c22-14-18-21(24-11-10-23-18)25-17-7-5-15(6-8-17)13-20(27)26-12-9-16-3-1-2-4-19(16)26/h1-8,10-11H,9,12-13H2,(H,24,25). The molecular formula is C21H17N5O. The van der Waals surface area contributed by atoms with Crippen molar-refractivity contribution in [2.75, 3.05) is 16.8 Å². The number of aromatic nitrogens is 2. The van der Waals surface area contributed by atoms with E-state index in [0.717, 1.165) is 29.9 Å². The molecule has 2 heterocycles. The lowest BCUT2D eigenvalue weighted by Gasteiger charge is -2.17.